The summed E-state index contributed by atoms with van der Waals surface area (Å²) >= 11 is 0. The molecule has 7 heteroatoms. The molecule has 0 amide bonds. The van der Waals surface area contributed by atoms with Crippen molar-refractivity contribution in [3.63, 3.8) is 0 Å². The van der Waals surface area contributed by atoms with E-state index in [1.807, 2.05) is 27.1 Å². The summed E-state index contributed by atoms with van der Waals surface area (Å²) < 4.78 is 1.69. The molecule has 0 fully saturated rings. The first-order valence-electron chi connectivity index (χ1n) is 8.88. The Morgan fingerprint density at radius 2 is 2.04 bits per heavy atom. The molecule has 2 aromatic rings. The molecule has 0 aliphatic heterocycles. The second-order valence-electron chi connectivity index (χ2n) is 5.49. The second-order valence-corrected chi connectivity index (χ2v) is 5.49. The normalized spacial score (nSPS) is 11.1. The Bertz CT molecular complexity index is 687. The van der Waals surface area contributed by atoms with Gasteiger partial charge in [-0.05, 0) is 20.3 Å². The van der Waals surface area contributed by atoms with Crippen molar-refractivity contribution < 1.29 is 0 Å². The van der Waals surface area contributed by atoms with E-state index in [0.717, 1.165) is 30.9 Å². The van der Waals surface area contributed by atoms with Crippen molar-refractivity contribution in [1.29, 1.82) is 5.26 Å². The third kappa shape index (κ3) is 5.45. The van der Waals surface area contributed by atoms with E-state index in [9.17, 15) is 5.26 Å². The van der Waals surface area contributed by atoms with Crippen molar-refractivity contribution in [2.24, 2.45) is 7.05 Å². The molecule has 0 aliphatic carbocycles. The highest BCUT2D eigenvalue weighted by Gasteiger charge is 2.16. The number of anilines is 3. The van der Waals surface area contributed by atoms with E-state index < -0.39 is 0 Å². The van der Waals surface area contributed by atoms with E-state index in [-0.39, 0.29) is 5.69 Å². The number of aromatic nitrogens is 4. The molecule has 2 aromatic heterocycles. The van der Waals surface area contributed by atoms with Crippen LogP contribution in [0.3, 0.4) is 0 Å². The monoisotopic (exact) mass is 343 g/mol. The summed E-state index contributed by atoms with van der Waals surface area (Å²) in [5, 5.41) is 16.5. The molecule has 136 valence electrons. The molecule has 2 heterocycles. The Kier molecular flexibility index (Phi) is 8.40. The number of nitrogens with one attached hydrogen (secondary N) is 1. The zero-order valence-electron chi connectivity index (χ0n) is 16.1. The molecule has 0 saturated heterocycles. The van der Waals surface area contributed by atoms with Crippen LogP contribution < -0.4 is 10.2 Å². The van der Waals surface area contributed by atoms with Gasteiger partial charge in [-0.1, -0.05) is 27.2 Å². The fraction of sp³-hybridized carbons (Fsp3) is 0.556. The van der Waals surface area contributed by atoms with Crippen LogP contribution in [0, 0.1) is 11.3 Å². The number of nitriles is 1. The van der Waals surface area contributed by atoms with Crippen LogP contribution in [-0.2, 0) is 7.05 Å². The molecule has 0 aromatic carbocycles. The summed E-state index contributed by atoms with van der Waals surface area (Å²) in [5.41, 5.74) is 1.05. The van der Waals surface area contributed by atoms with Gasteiger partial charge in [0.05, 0.1) is 18.1 Å². The third-order valence-electron chi connectivity index (χ3n) is 3.71. The quantitative estimate of drug-likeness (QED) is 0.822. The van der Waals surface area contributed by atoms with Gasteiger partial charge in [0.2, 0.25) is 0 Å². The third-order valence-corrected chi connectivity index (χ3v) is 3.71. The van der Waals surface area contributed by atoms with Crippen LogP contribution in [0.25, 0.3) is 0 Å². The smallest absolute Gasteiger partial charge is 0.183 e. The lowest BCUT2D eigenvalue weighted by molar-refractivity contribution is 0.585. The molecular weight excluding hydrogens is 314 g/mol. The molecule has 1 unspecified atom stereocenters. The summed E-state index contributed by atoms with van der Waals surface area (Å²) in [4.78, 5) is 11.1. The van der Waals surface area contributed by atoms with Gasteiger partial charge in [0, 0.05) is 25.8 Å². The SMILES string of the molecule is CC.CCCC(C)N(CC)c1cnc(C#N)c(Nc2cnn(C)c2)n1. The van der Waals surface area contributed by atoms with Crippen LogP contribution in [0.2, 0.25) is 0 Å². The van der Waals surface area contributed by atoms with Crippen LogP contribution in [0.4, 0.5) is 17.3 Å². The number of nitrogens with zero attached hydrogens (tertiary/aromatic N) is 6. The number of aryl methyl sites for hydroxylation is 1. The van der Waals surface area contributed by atoms with Crippen LogP contribution in [0.15, 0.2) is 18.6 Å². The van der Waals surface area contributed by atoms with E-state index in [1.165, 1.54) is 0 Å². The lowest BCUT2D eigenvalue weighted by Crippen LogP contribution is -2.33. The Labute approximate surface area is 150 Å². The first kappa shape index (κ1) is 20.4. The average molecular weight is 343 g/mol. The van der Waals surface area contributed by atoms with Crippen molar-refractivity contribution in [3.8, 4) is 6.07 Å². The number of hydrogen-bond acceptors (Lipinski definition) is 6. The van der Waals surface area contributed by atoms with E-state index in [1.54, 1.807) is 17.1 Å². The minimum Gasteiger partial charge on any atom is -0.353 e. The van der Waals surface area contributed by atoms with Gasteiger partial charge in [-0.2, -0.15) is 10.4 Å². The van der Waals surface area contributed by atoms with E-state index in [2.05, 4.69) is 52.1 Å². The second kappa shape index (κ2) is 10.3. The minimum absolute atomic E-state index is 0.275. The molecule has 0 radical (unpaired) electrons. The zero-order chi connectivity index (χ0) is 18.8. The van der Waals surface area contributed by atoms with E-state index in [4.69, 9.17) is 0 Å². The topological polar surface area (TPSA) is 82.7 Å². The highest BCUT2D eigenvalue weighted by molar-refractivity contribution is 5.61. The molecule has 1 atom stereocenters. The summed E-state index contributed by atoms with van der Waals surface area (Å²) in [6.45, 7) is 11.3. The van der Waals surface area contributed by atoms with Gasteiger partial charge in [0.1, 0.15) is 11.9 Å². The van der Waals surface area contributed by atoms with Crippen LogP contribution >= 0.6 is 0 Å². The van der Waals surface area contributed by atoms with Gasteiger partial charge in [0.15, 0.2) is 11.5 Å². The highest BCUT2D eigenvalue weighted by atomic mass is 15.3. The maximum Gasteiger partial charge on any atom is 0.183 e. The Balaban J connectivity index is 0.00000151. The minimum atomic E-state index is 0.275. The van der Waals surface area contributed by atoms with Crippen molar-refractivity contribution in [3.05, 3.63) is 24.3 Å². The maximum absolute atomic E-state index is 9.25. The zero-order valence-corrected chi connectivity index (χ0v) is 16.1. The summed E-state index contributed by atoms with van der Waals surface area (Å²) in [6.07, 6.45) is 7.38. The average Bonchev–Trinajstić information content (AvgIpc) is 3.03. The standard InChI is InChI=1S/C16H23N7.C2H6/c1-5-7-12(3)23(6-2)15-10-18-14(8-17)16(21-15)20-13-9-19-22(4)11-13;1-2/h9-12H,5-7H2,1-4H3,(H,20,21);1-2H3. The molecule has 7 nitrogen and oxygen atoms in total. The molecule has 0 bridgehead atoms. The van der Waals surface area contributed by atoms with Crippen LogP contribution in [0.1, 0.15) is 53.2 Å². The van der Waals surface area contributed by atoms with Crippen molar-refractivity contribution >= 4 is 17.3 Å². The lowest BCUT2D eigenvalue weighted by Gasteiger charge is -2.29. The van der Waals surface area contributed by atoms with Gasteiger partial charge in [-0.15, -0.1) is 0 Å². The fourth-order valence-electron chi connectivity index (χ4n) is 2.58. The predicted molar refractivity (Wildman–Crippen MR) is 102 cm³/mol. The fourth-order valence-corrected chi connectivity index (χ4v) is 2.58. The van der Waals surface area contributed by atoms with E-state index >= 15 is 0 Å². The van der Waals surface area contributed by atoms with Gasteiger partial charge in [-0.25, -0.2) is 9.97 Å². The lowest BCUT2D eigenvalue weighted by atomic mass is 10.1. The van der Waals surface area contributed by atoms with Crippen molar-refractivity contribution in [2.45, 2.75) is 53.5 Å². The Morgan fingerprint density at radius 3 is 2.56 bits per heavy atom. The van der Waals surface area contributed by atoms with Crippen molar-refractivity contribution in [1.82, 2.24) is 19.7 Å². The molecule has 0 aliphatic rings. The first-order valence-corrected chi connectivity index (χ1v) is 8.88. The van der Waals surface area contributed by atoms with Gasteiger partial charge in [0.25, 0.3) is 0 Å². The molecular formula is C18H29N7. The van der Waals surface area contributed by atoms with E-state index in [0.29, 0.717) is 11.9 Å². The molecule has 25 heavy (non-hydrogen) atoms. The summed E-state index contributed by atoms with van der Waals surface area (Å²) in [6, 6.07) is 2.45. The molecule has 0 saturated carbocycles. The van der Waals surface area contributed by atoms with Gasteiger partial charge in [-0.3, -0.25) is 4.68 Å². The summed E-state index contributed by atoms with van der Waals surface area (Å²) in [7, 11) is 1.84. The van der Waals surface area contributed by atoms with Crippen LogP contribution in [0.5, 0.6) is 0 Å². The first-order chi connectivity index (χ1) is 12.1. The predicted octanol–water partition coefficient (Wildman–Crippen LogP) is 3.87. The molecule has 2 rings (SSSR count). The number of hydrogen-bond donors (Lipinski definition) is 1. The molecule has 1 N–H and O–H groups in total. The Hall–Kier alpha value is -2.62. The highest BCUT2D eigenvalue weighted by Crippen LogP contribution is 2.22. The van der Waals surface area contributed by atoms with Crippen molar-refractivity contribution in [2.75, 3.05) is 16.8 Å². The Morgan fingerprint density at radius 1 is 1.32 bits per heavy atom. The largest absolute Gasteiger partial charge is 0.353 e. The number of rotatable bonds is 7. The molecule has 0 spiro atoms. The van der Waals surface area contributed by atoms with Crippen LogP contribution in [-0.4, -0.2) is 32.3 Å². The van der Waals surface area contributed by atoms with Gasteiger partial charge < -0.3 is 10.2 Å². The summed E-state index contributed by atoms with van der Waals surface area (Å²) in [5.74, 6) is 1.24. The maximum atomic E-state index is 9.25. The van der Waals surface area contributed by atoms with Gasteiger partial charge >= 0.3 is 0 Å².